The first-order valence-electron chi connectivity index (χ1n) is 6.97. The van der Waals surface area contributed by atoms with Gasteiger partial charge in [-0.1, -0.05) is 25.1 Å². The lowest BCUT2D eigenvalue weighted by Crippen LogP contribution is -1.96. The van der Waals surface area contributed by atoms with Crippen LogP contribution in [-0.2, 0) is 19.3 Å². The van der Waals surface area contributed by atoms with Gasteiger partial charge < -0.3 is 4.74 Å². The van der Waals surface area contributed by atoms with Crippen LogP contribution in [0.3, 0.4) is 0 Å². The van der Waals surface area contributed by atoms with Crippen molar-refractivity contribution in [2.24, 2.45) is 0 Å². The summed E-state index contributed by atoms with van der Waals surface area (Å²) >= 11 is 0. The van der Waals surface area contributed by atoms with E-state index in [1.807, 2.05) is 25.3 Å². The van der Waals surface area contributed by atoms with E-state index in [-0.39, 0.29) is 0 Å². The van der Waals surface area contributed by atoms with E-state index >= 15 is 0 Å². The third-order valence-electron chi connectivity index (χ3n) is 3.20. The largest absolute Gasteiger partial charge is 0.494 e. The van der Waals surface area contributed by atoms with Crippen molar-refractivity contribution in [1.29, 1.82) is 0 Å². The Morgan fingerprint density at radius 3 is 2.21 bits per heavy atom. The van der Waals surface area contributed by atoms with Gasteiger partial charge in [0.15, 0.2) is 0 Å². The van der Waals surface area contributed by atoms with Crippen molar-refractivity contribution >= 4 is 0 Å². The van der Waals surface area contributed by atoms with Gasteiger partial charge in [0.05, 0.1) is 6.61 Å². The quantitative estimate of drug-likeness (QED) is 0.782. The van der Waals surface area contributed by atoms with Crippen LogP contribution in [-0.4, -0.2) is 11.6 Å². The lowest BCUT2D eigenvalue weighted by molar-refractivity contribution is 0.340. The van der Waals surface area contributed by atoms with Gasteiger partial charge in [-0.05, 0) is 55.5 Å². The summed E-state index contributed by atoms with van der Waals surface area (Å²) in [6.45, 7) is 4.86. The Morgan fingerprint density at radius 1 is 0.895 bits per heavy atom. The molecular weight excluding hydrogens is 234 g/mol. The van der Waals surface area contributed by atoms with Gasteiger partial charge in [-0.2, -0.15) is 0 Å². The Hall–Kier alpha value is -1.83. The predicted octanol–water partition coefficient (Wildman–Crippen LogP) is 3.83. The molecule has 2 aromatic rings. The number of hydrogen-bond acceptors (Lipinski definition) is 2. The zero-order valence-corrected chi connectivity index (χ0v) is 11.7. The number of benzene rings is 1. The first-order chi connectivity index (χ1) is 9.31. The molecule has 0 amide bonds. The summed E-state index contributed by atoms with van der Waals surface area (Å²) in [5.41, 5.74) is 3.78. The number of aromatic nitrogens is 1. The second kappa shape index (κ2) is 6.93. The van der Waals surface area contributed by atoms with Crippen molar-refractivity contribution in [2.75, 3.05) is 6.61 Å². The molecule has 0 spiro atoms. The first kappa shape index (κ1) is 13.6. The van der Waals surface area contributed by atoms with Gasteiger partial charge in [-0.3, -0.25) is 4.98 Å². The normalized spacial score (nSPS) is 10.4. The molecule has 19 heavy (non-hydrogen) atoms. The molecule has 1 aromatic carbocycles. The van der Waals surface area contributed by atoms with E-state index in [2.05, 4.69) is 36.2 Å². The SMILES string of the molecule is CCOc1ccc(CCc2ccc(CC)cn2)cc1. The van der Waals surface area contributed by atoms with Crippen LogP contribution >= 0.6 is 0 Å². The van der Waals surface area contributed by atoms with Gasteiger partial charge >= 0.3 is 0 Å². The minimum absolute atomic E-state index is 0.715. The lowest BCUT2D eigenvalue weighted by atomic mass is 10.1. The van der Waals surface area contributed by atoms with Gasteiger partial charge in [0.1, 0.15) is 5.75 Å². The summed E-state index contributed by atoms with van der Waals surface area (Å²) in [6.07, 6.45) is 5.03. The van der Waals surface area contributed by atoms with Crippen LogP contribution in [0.1, 0.15) is 30.7 Å². The Balaban J connectivity index is 1.90. The van der Waals surface area contributed by atoms with Crippen molar-refractivity contribution in [3.63, 3.8) is 0 Å². The first-order valence-corrected chi connectivity index (χ1v) is 6.97. The topological polar surface area (TPSA) is 22.1 Å². The second-order valence-corrected chi connectivity index (χ2v) is 4.59. The molecule has 100 valence electrons. The highest BCUT2D eigenvalue weighted by Crippen LogP contribution is 2.13. The van der Waals surface area contributed by atoms with E-state index in [0.29, 0.717) is 6.61 Å². The number of rotatable bonds is 6. The summed E-state index contributed by atoms with van der Waals surface area (Å²) in [7, 11) is 0. The zero-order valence-electron chi connectivity index (χ0n) is 11.7. The molecule has 0 fully saturated rings. The maximum Gasteiger partial charge on any atom is 0.119 e. The van der Waals surface area contributed by atoms with Crippen molar-refractivity contribution < 1.29 is 4.74 Å². The van der Waals surface area contributed by atoms with Crippen LogP contribution in [0.4, 0.5) is 0 Å². The molecule has 2 heteroatoms. The molecule has 2 rings (SSSR count). The van der Waals surface area contributed by atoms with Crippen molar-refractivity contribution in [3.8, 4) is 5.75 Å². The van der Waals surface area contributed by atoms with E-state index in [0.717, 1.165) is 30.7 Å². The highest BCUT2D eigenvalue weighted by molar-refractivity contribution is 5.28. The number of pyridine rings is 1. The molecule has 1 heterocycles. The van der Waals surface area contributed by atoms with Crippen molar-refractivity contribution in [2.45, 2.75) is 33.1 Å². The summed E-state index contributed by atoms with van der Waals surface area (Å²) in [5.74, 6) is 0.941. The van der Waals surface area contributed by atoms with E-state index in [1.165, 1.54) is 11.1 Å². The highest BCUT2D eigenvalue weighted by atomic mass is 16.5. The van der Waals surface area contributed by atoms with Gasteiger partial charge in [0, 0.05) is 11.9 Å². The fourth-order valence-corrected chi connectivity index (χ4v) is 2.00. The average molecular weight is 255 g/mol. The summed E-state index contributed by atoms with van der Waals surface area (Å²) in [4.78, 5) is 4.49. The molecule has 1 aromatic heterocycles. The molecular formula is C17H21NO. The van der Waals surface area contributed by atoms with Gasteiger partial charge in [0.2, 0.25) is 0 Å². The van der Waals surface area contributed by atoms with E-state index in [1.54, 1.807) is 0 Å². The zero-order chi connectivity index (χ0) is 13.5. The lowest BCUT2D eigenvalue weighted by Gasteiger charge is -2.05. The van der Waals surface area contributed by atoms with E-state index in [9.17, 15) is 0 Å². The summed E-state index contributed by atoms with van der Waals surface area (Å²) < 4.78 is 5.44. The van der Waals surface area contributed by atoms with Crippen LogP contribution in [0.5, 0.6) is 5.75 Å². The van der Waals surface area contributed by atoms with Gasteiger partial charge in [0.25, 0.3) is 0 Å². The number of nitrogens with zero attached hydrogens (tertiary/aromatic N) is 1. The molecule has 0 aliphatic heterocycles. The molecule has 0 atom stereocenters. The molecule has 0 aliphatic rings. The molecule has 0 bridgehead atoms. The fourth-order valence-electron chi connectivity index (χ4n) is 2.00. The monoisotopic (exact) mass is 255 g/mol. The van der Waals surface area contributed by atoms with Gasteiger partial charge in [-0.15, -0.1) is 0 Å². The standard InChI is InChI=1S/C17H21NO/c1-3-14-5-9-16(18-13-14)10-6-15-7-11-17(12-8-15)19-4-2/h5,7-9,11-13H,3-4,6,10H2,1-2H3. The molecule has 0 radical (unpaired) electrons. The van der Waals surface area contributed by atoms with Crippen molar-refractivity contribution in [3.05, 3.63) is 59.4 Å². The van der Waals surface area contributed by atoms with Crippen LogP contribution in [0, 0.1) is 0 Å². The Bertz CT molecular complexity index is 488. The summed E-state index contributed by atoms with van der Waals surface area (Å²) in [6, 6.07) is 12.6. The Labute approximate surface area is 115 Å². The van der Waals surface area contributed by atoms with Crippen molar-refractivity contribution in [1.82, 2.24) is 4.98 Å². The molecule has 0 saturated heterocycles. The minimum Gasteiger partial charge on any atom is -0.494 e. The van der Waals surface area contributed by atoms with Gasteiger partial charge in [-0.25, -0.2) is 0 Å². The van der Waals surface area contributed by atoms with E-state index in [4.69, 9.17) is 4.74 Å². The summed E-state index contributed by atoms with van der Waals surface area (Å²) in [5, 5.41) is 0. The smallest absolute Gasteiger partial charge is 0.119 e. The molecule has 0 saturated carbocycles. The Kier molecular flexibility index (Phi) is 4.96. The number of hydrogen-bond donors (Lipinski definition) is 0. The minimum atomic E-state index is 0.715. The Morgan fingerprint density at radius 2 is 1.63 bits per heavy atom. The number of ether oxygens (including phenoxy) is 1. The molecule has 0 unspecified atom stereocenters. The molecule has 0 aliphatic carbocycles. The average Bonchev–Trinajstić information content (AvgIpc) is 2.47. The third-order valence-corrected chi connectivity index (χ3v) is 3.20. The van der Waals surface area contributed by atoms with Crippen LogP contribution in [0.25, 0.3) is 0 Å². The maximum absolute atomic E-state index is 5.44. The predicted molar refractivity (Wildman–Crippen MR) is 78.6 cm³/mol. The van der Waals surface area contributed by atoms with Crippen LogP contribution < -0.4 is 4.74 Å². The van der Waals surface area contributed by atoms with E-state index < -0.39 is 0 Å². The van der Waals surface area contributed by atoms with Crippen LogP contribution in [0.2, 0.25) is 0 Å². The highest BCUT2D eigenvalue weighted by Gasteiger charge is 1.99. The number of aryl methyl sites for hydroxylation is 3. The third kappa shape index (κ3) is 4.09. The second-order valence-electron chi connectivity index (χ2n) is 4.59. The molecule has 0 N–H and O–H groups in total. The van der Waals surface area contributed by atoms with Crippen LogP contribution in [0.15, 0.2) is 42.6 Å². The maximum atomic E-state index is 5.44. The fraction of sp³-hybridized carbons (Fsp3) is 0.353. The molecule has 2 nitrogen and oxygen atoms in total.